The van der Waals surface area contributed by atoms with Crippen LogP contribution in [-0.2, 0) is 57.2 Å². The first-order chi connectivity index (χ1) is 27.0. The lowest BCUT2D eigenvalue weighted by molar-refractivity contribution is -0.159. The smallest absolute Gasteiger partial charge is 0.329 e. The van der Waals surface area contributed by atoms with E-state index in [2.05, 4.69) is 10.6 Å². The molecule has 0 aliphatic heterocycles. The van der Waals surface area contributed by atoms with E-state index in [0.717, 1.165) is 44.9 Å². The number of unbranched alkanes of at least 4 members (excludes halogenated alkanes) is 11. The number of carboxylic acid groups (broad SMARTS) is 1. The molecule has 0 heterocycles. The summed E-state index contributed by atoms with van der Waals surface area (Å²) in [6.45, 7) is 12.3. The van der Waals surface area contributed by atoms with E-state index in [-0.39, 0.29) is 89.2 Å². The molecule has 0 aliphatic rings. The van der Waals surface area contributed by atoms with Crippen molar-refractivity contribution in [3.63, 3.8) is 0 Å². The van der Waals surface area contributed by atoms with E-state index >= 15 is 0 Å². The number of carboxylic acids is 1. The molecular formula is C42H76N2O13. The number of hydrogen-bond donors (Lipinski definition) is 3. The average Bonchev–Trinajstić information content (AvgIpc) is 3.10. The number of amides is 2. The molecule has 0 saturated heterocycles. The fraction of sp³-hybridized carbons (Fsp3) is 0.857. The number of carbonyl (C=O) groups is 6. The summed E-state index contributed by atoms with van der Waals surface area (Å²) in [5, 5.41) is 14.0. The topological polar surface area (TPSA) is 202 Å². The quantitative estimate of drug-likeness (QED) is 0.0486. The molecule has 57 heavy (non-hydrogen) atoms. The molecule has 0 fully saturated rings. The largest absolute Gasteiger partial charge is 0.480 e. The zero-order valence-corrected chi connectivity index (χ0v) is 36.0. The van der Waals surface area contributed by atoms with Gasteiger partial charge < -0.3 is 44.2 Å². The molecule has 0 spiro atoms. The Bertz CT molecular complexity index is 1120. The highest BCUT2D eigenvalue weighted by molar-refractivity contribution is 5.85. The Balaban J connectivity index is 4.04. The van der Waals surface area contributed by atoms with Gasteiger partial charge in [-0.05, 0) is 67.2 Å². The van der Waals surface area contributed by atoms with Crippen molar-refractivity contribution in [2.24, 2.45) is 0 Å². The number of rotatable bonds is 37. The van der Waals surface area contributed by atoms with Crippen LogP contribution < -0.4 is 10.6 Å². The Morgan fingerprint density at radius 2 is 1.00 bits per heavy atom. The van der Waals surface area contributed by atoms with Crippen LogP contribution in [0.2, 0.25) is 0 Å². The molecule has 3 N–H and O–H groups in total. The van der Waals surface area contributed by atoms with Crippen LogP contribution in [-0.4, -0.2) is 117 Å². The molecule has 0 radical (unpaired) electrons. The number of ketones is 1. The van der Waals surface area contributed by atoms with Crippen LogP contribution in [0.4, 0.5) is 0 Å². The van der Waals surface area contributed by atoms with E-state index in [1.54, 1.807) is 20.8 Å². The minimum Gasteiger partial charge on any atom is -0.480 e. The zero-order chi connectivity index (χ0) is 42.8. The molecule has 2 amide bonds. The molecule has 15 heteroatoms. The number of nitrogens with one attached hydrogen (secondary N) is 2. The normalized spacial score (nSPS) is 12.2. The number of aliphatic carboxylic acids is 1. The second-order valence-corrected chi connectivity index (χ2v) is 16.2. The van der Waals surface area contributed by atoms with Crippen molar-refractivity contribution in [3.05, 3.63) is 0 Å². The number of esters is 2. The van der Waals surface area contributed by atoms with E-state index in [4.69, 9.17) is 33.5 Å². The third kappa shape index (κ3) is 39.5. The number of carbonyl (C=O) groups excluding carboxylic acids is 5. The lowest BCUT2D eigenvalue weighted by Gasteiger charge is -2.24. The minimum atomic E-state index is -1.04. The predicted molar refractivity (Wildman–Crippen MR) is 216 cm³/mol. The number of Topliss-reactive ketones (excluding diaryl/α,β-unsaturated/α-hetero) is 1. The highest BCUT2D eigenvalue weighted by Crippen LogP contribution is 2.15. The van der Waals surface area contributed by atoms with E-state index < -0.39 is 29.2 Å². The van der Waals surface area contributed by atoms with Crippen LogP contribution in [0.15, 0.2) is 0 Å². The average molecular weight is 817 g/mol. The first-order valence-corrected chi connectivity index (χ1v) is 21.0. The fourth-order valence-electron chi connectivity index (χ4n) is 5.46. The van der Waals surface area contributed by atoms with Crippen molar-refractivity contribution in [2.75, 3.05) is 59.4 Å². The summed E-state index contributed by atoms with van der Waals surface area (Å²) in [5.74, 6) is -2.31. The van der Waals surface area contributed by atoms with Crippen molar-refractivity contribution < 1.29 is 62.3 Å². The molecule has 0 unspecified atom stereocenters. The highest BCUT2D eigenvalue weighted by atomic mass is 16.6. The maximum absolute atomic E-state index is 12.9. The first-order valence-electron chi connectivity index (χ1n) is 21.0. The third-order valence-electron chi connectivity index (χ3n) is 8.19. The van der Waals surface area contributed by atoms with E-state index in [1.807, 2.05) is 20.8 Å². The third-order valence-corrected chi connectivity index (χ3v) is 8.19. The van der Waals surface area contributed by atoms with Gasteiger partial charge in [0.25, 0.3) is 0 Å². The fourth-order valence-corrected chi connectivity index (χ4v) is 5.46. The maximum Gasteiger partial charge on any atom is 0.329 e. The van der Waals surface area contributed by atoms with Crippen molar-refractivity contribution in [1.29, 1.82) is 0 Å². The van der Waals surface area contributed by atoms with Gasteiger partial charge in [0.05, 0.1) is 33.0 Å². The standard InChI is InChI=1S/C42H76N2O13/c1-41(2,3)56-39(50)22-18-16-14-12-10-8-7-9-11-13-15-17-21-37(47)44-35(40(51)57-42(4,5)6)23-24-36(46)43-25-27-53-29-30-54-32-34(45)20-19-26-52-28-31-55-33-38(48)49/h35H,7-33H2,1-6H3,(H,43,46)(H,44,47)(H,48,49)/t35-/m0/s1. The van der Waals surface area contributed by atoms with Gasteiger partial charge in [-0.25, -0.2) is 9.59 Å². The molecule has 1 atom stereocenters. The number of hydrogen-bond acceptors (Lipinski definition) is 12. The molecular weight excluding hydrogens is 740 g/mol. The molecule has 0 aromatic carbocycles. The Hall–Kier alpha value is -3.14. The second-order valence-electron chi connectivity index (χ2n) is 16.2. The van der Waals surface area contributed by atoms with Gasteiger partial charge in [0.15, 0.2) is 5.78 Å². The van der Waals surface area contributed by atoms with Crippen LogP contribution in [0.25, 0.3) is 0 Å². The highest BCUT2D eigenvalue weighted by Gasteiger charge is 2.27. The van der Waals surface area contributed by atoms with Crippen LogP contribution >= 0.6 is 0 Å². The van der Waals surface area contributed by atoms with Crippen molar-refractivity contribution >= 4 is 35.5 Å². The van der Waals surface area contributed by atoms with E-state index in [9.17, 15) is 28.8 Å². The van der Waals surface area contributed by atoms with Crippen LogP contribution in [0, 0.1) is 0 Å². The second kappa shape index (κ2) is 33.8. The lowest BCUT2D eigenvalue weighted by Crippen LogP contribution is -2.44. The molecule has 15 nitrogen and oxygen atoms in total. The van der Waals surface area contributed by atoms with E-state index in [0.29, 0.717) is 32.3 Å². The summed E-state index contributed by atoms with van der Waals surface area (Å²) in [7, 11) is 0. The van der Waals surface area contributed by atoms with Gasteiger partial charge in [-0.3, -0.25) is 19.2 Å². The predicted octanol–water partition coefficient (Wildman–Crippen LogP) is 6.01. The van der Waals surface area contributed by atoms with Gasteiger partial charge in [-0.15, -0.1) is 0 Å². The maximum atomic E-state index is 12.9. The van der Waals surface area contributed by atoms with Gasteiger partial charge in [-0.1, -0.05) is 64.2 Å². The Morgan fingerprint density at radius 1 is 0.509 bits per heavy atom. The van der Waals surface area contributed by atoms with Gasteiger partial charge in [0.2, 0.25) is 11.8 Å². The van der Waals surface area contributed by atoms with Gasteiger partial charge in [-0.2, -0.15) is 0 Å². The zero-order valence-electron chi connectivity index (χ0n) is 36.0. The molecule has 0 saturated carbocycles. The summed E-state index contributed by atoms with van der Waals surface area (Å²) in [6, 6.07) is -0.930. The summed E-state index contributed by atoms with van der Waals surface area (Å²) >= 11 is 0. The van der Waals surface area contributed by atoms with Crippen molar-refractivity contribution in [2.45, 2.75) is 174 Å². The first kappa shape index (κ1) is 53.9. The van der Waals surface area contributed by atoms with Crippen molar-refractivity contribution in [3.8, 4) is 0 Å². The SMILES string of the molecule is CC(C)(C)OC(=O)CCCCCCCCCCCCCCC(=O)N[C@@H](CCC(=O)NCCOCCOCC(=O)CCCOCCOCC(=O)O)C(=O)OC(C)(C)C. The van der Waals surface area contributed by atoms with Crippen LogP contribution in [0.1, 0.15) is 157 Å². The minimum absolute atomic E-state index is 0.0209. The van der Waals surface area contributed by atoms with Crippen LogP contribution in [0.5, 0.6) is 0 Å². The Kier molecular flexibility index (Phi) is 31.9. The van der Waals surface area contributed by atoms with Gasteiger partial charge in [0, 0.05) is 38.8 Å². The van der Waals surface area contributed by atoms with Gasteiger partial charge in [0.1, 0.15) is 30.5 Å². The summed E-state index contributed by atoms with van der Waals surface area (Å²) in [6.07, 6.45) is 14.7. The lowest BCUT2D eigenvalue weighted by atomic mass is 10.0. The number of ether oxygens (including phenoxy) is 6. The molecule has 0 aromatic rings. The molecule has 332 valence electrons. The molecule has 0 rings (SSSR count). The van der Waals surface area contributed by atoms with Crippen LogP contribution in [0.3, 0.4) is 0 Å². The molecule has 0 bridgehead atoms. The van der Waals surface area contributed by atoms with Crippen molar-refractivity contribution in [1.82, 2.24) is 10.6 Å². The summed E-state index contributed by atoms with van der Waals surface area (Å²) < 4.78 is 31.8. The molecule has 0 aliphatic carbocycles. The Morgan fingerprint density at radius 3 is 1.54 bits per heavy atom. The van der Waals surface area contributed by atoms with Gasteiger partial charge >= 0.3 is 17.9 Å². The summed E-state index contributed by atoms with van der Waals surface area (Å²) in [4.78, 5) is 72.0. The summed E-state index contributed by atoms with van der Waals surface area (Å²) in [5.41, 5.74) is -1.16. The monoisotopic (exact) mass is 817 g/mol. The Labute approximate surface area is 341 Å². The molecule has 0 aromatic heterocycles. The van der Waals surface area contributed by atoms with E-state index in [1.165, 1.54) is 32.1 Å².